The molecule has 3 aromatic heterocycles. The molecule has 0 radical (unpaired) electrons. The van der Waals surface area contributed by atoms with Gasteiger partial charge in [-0.15, -0.1) is 0 Å². The van der Waals surface area contributed by atoms with E-state index in [-0.39, 0.29) is 0 Å². The molecule has 0 aliphatic heterocycles. The van der Waals surface area contributed by atoms with E-state index in [4.69, 9.17) is 9.97 Å². The number of benzene rings is 9. The Morgan fingerprint density at radius 1 is 0.288 bits per heavy atom. The third-order valence-electron chi connectivity index (χ3n) is 12.3. The first-order valence-electron chi connectivity index (χ1n) is 22.2. The summed E-state index contributed by atoms with van der Waals surface area (Å²) >= 11 is 0. The van der Waals surface area contributed by atoms with Gasteiger partial charge in [-0.1, -0.05) is 189 Å². The number of para-hydroxylation sites is 3. The summed E-state index contributed by atoms with van der Waals surface area (Å²) in [6.07, 6.45) is 3.28. The van der Waals surface area contributed by atoms with Crippen molar-refractivity contribution in [1.82, 2.24) is 19.1 Å². The van der Waals surface area contributed by atoms with Crippen LogP contribution in [0.4, 0.5) is 0 Å². The van der Waals surface area contributed by atoms with Crippen LogP contribution in [0.3, 0.4) is 0 Å². The predicted molar refractivity (Wildman–Crippen MR) is 278 cm³/mol. The van der Waals surface area contributed by atoms with E-state index in [1.165, 1.54) is 60.4 Å². The Bertz CT molecular complexity index is 3630. The Morgan fingerprint density at radius 3 is 1.12 bits per heavy atom. The van der Waals surface area contributed by atoms with E-state index < -0.39 is 0 Å². The lowest BCUT2D eigenvalue weighted by molar-refractivity contribution is 1.18. The van der Waals surface area contributed by atoms with Gasteiger partial charge in [0.15, 0.2) is 5.82 Å². The minimum absolute atomic E-state index is 0.706. The highest BCUT2D eigenvalue weighted by atomic mass is 15.0. The van der Waals surface area contributed by atoms with E-state index in [1.807, 2.05) is 36.4 Å². The van der Waals surface area contributed by atoms with Gasteiger partial charge < -0.3 is 9.13 Å². The van der Waals surface area contributed by atoms with Gasteiger partial charge in [0.25, 0.3) is 0 Å². The summed E-state index contributed by atoms with van der Waals surface area (Å²) in [5.41, 5.74) is 16.7. The molecule has 4 heteroatoms. The van der Waals surface area contributed by atoms with Crippen LogP contribution < -0.4 is 0 Å². The zero-order valence-corrected chi connectivity index (χ0v) is 36.3. The van der Waals surface area contributed by atoms with Crippen molar-refractivity contribution in [3.8, 4) is 67.5 Å². The van der Waals surface area contributed by atoms with Crippen LogP contribution in [0.25, 0.3) is 111 Å². The van der Waals surface area contributed by atoms with Crippen molar-refractivity contribution >= 4 is 43.6 Å². The second-order valence-corrected chi connectivity index (χ2v) is 16.3. The molecule has 312 valence electrons. The van der Waals surface area contributed by atoms with Crippen LogP contribution in [0.2, 0.25) is 0 Å². The highest BCUT2D eigenvalue weighted by molar-refractivity contribution is 6.12. The Morgan fingerprint density at radius 2 is 0.652 bits per heavy atom. The summed E-state index contributed by atoms with van der Waals surface area (Å²) < 4.78 is 4.76. The molecule has 9 aromatic carbocycles. The summed E-state index contributed by atoms with van der Waals surface area (Å²) in [6.45, 7) is 6.72. The Balaban J connectivity index is 0.00000116. The van der Waals surface area contributed by atoms with Crippen molar-refractivity contribution in [3.05, 3.63) is 256 Å². The third kappa shape index (κ3) is 7.36. The standard InChI is InChI=1S/C58H38N4.C4H6/c1-4-14-41(15-5-1)52-38-53(42-16-6-2-7-17-42)60-58(59-52)43-26-24-39(25-27-43)40-28-32-47(33-29-40)62-55-23-13-11-21-49(55)51-37-45(31-35-57(51)62)44-30-34-56-50(36-44)48-20-10-12-22-54(48)61(56)46-18-8-3-9-19-46;1-3-4-2/h1-38H;3-4H,1-2H2. The van der Waals surface area contributed by atoms with Crippen LogP contribution in [0.15, 0.2) is 256 Å². The molecule has 0 aliphatic rings. The van der Waals surface area contributed by atoms with E-state index >= 15 is 0 Å². The maximum Gasteiger partial charge on any atom is 0.160 e. The van der Waals surface area contributed by atoms with Crippen LogP contribution >= 0.6 is 0 Å². The molecular formula is C62H44N4. The summed E-state index contributed by atoms with van der Waals surface area (Å²) in [5, 5.41) is 4.98. The first-order valence-corrected chi connectivity index (χ1v) is 22.2. The van der Waals surface area contributed by atoms with Gasteiger partial charge in [-0.3, -0.25) is 0 Å². The monoisotopic (exact) mass is 844 g/mol. The van der Waals surface area contributed by atoms with Gasteiger partial charge >= 0.3 is 0 Å². The molecule has 0 saturated heterocycles. The van der Waals surface area contributed by atoms with Gasteiger partial charge in [0, 0.05) is 49.6 Å². The van der Waals surface area contributed by atoms with Gasteiger partial charge in [-0.25, -0.2) is 9.97 Å². The molecule has 3 heterocycles. The van der Waals surface area contributed by atoms with Crippen molar-refractivity contribution in [3.63, 3.8) is 0 Å². The van der Waals surface area contributed by atoms with Gasteiger partial charge in [0.2, 0.25) is 0 Å². The van der Waals surface area contributed by atoms with Crippen LogP contribution in [0.5, 0.6) is 0 Å². The van der Waals surface area contributed by atoms with Gasteiger partial charge in [0.05, 0.1) is 33.5 Å². The predicted octanol–water partition coefficient (Wildman–Crippen LogP) is 16.4. The normalized spacial score (nSPS) is 11.2. The van der Waals surface area contributed by atoms with Crippen molar-refractivity contribution < 1.29 is 0 Å². The molecule has 0 bridgehead atoms. The number of fused-ring (bicyclic) bond motifs is 6. The fourth-order valence-electron chi connectivity index (χ4n) is 9.14. The first-order chi connectivity index (χ1) is 32.6. The van der Waals surface area contributed by atoms with E-state index in [0.29, 0.717) is 5.82 Å². The van der Waals surface area contributed by atoms with Gasteiger partial charge in [0.1, 0.15) is 0 Å². The molecule has 12 rings (SSSR count). The minimum Gasteiger partial charge on any atom is -0.309 e. The molecular weight excluding hydrogens is 801 g/mol. The Hall–Kier alpha value is -8.86. The van der Waals surface area contributed by atoms with Crippen molar-refractivity contribution in [2.75, 3.05) is 0 Å². The fraction of sp³-hybridized carbons (Fsp3) is 0. The maximum atomic E-state index is 5.03. The average molecular weight is 845 g/mol. The summed E-state index contributed by atoms with van der Waals surface area (Å²) in [7, 11) is 0. The second-order valence-electron chi connectivity index (χ2n) is 16.3. The topological polar surface area (TPSA) is 35.6 Å². The maximum absolute atomic E-state index is 5.03. The van der Waals surface area contributed by atoms with E-state index in [1.54, 1.807) is 12.2 Å². The van der Waals surface area contributed by atoms with Crippen LogP contribution in [-0.2, 0) is 0 Å². The number of nitrogens with zero attached hydrogens (tertiary/aromatic N) is 4. The molecule has 0 atom stereocenters. The lowest BCUT2D eigenvalue weighted by atomic mass is 10.0. The van der Waals surface area contributed by atoms with E-state index in [9.17, 15) is 0 Å². The Labute approximate surface area is 384 Å². The van der Waals surface area contributed by atoms with Crippen LogP contribution in [0.1, 0.15) is 0 Å². The summed E-state index contributed by atoms with van der Waals surface area (Å²) in [4.78, 5) is 10.1. The smallest absolute Gasteiger partial charge is 0.160 e. The molecule has 0 fully saturated rings. The second kappa shape index (κ2) is 17.4. The highest BCUT2D eigenvalue weighted by Crippen LogP contribution is 2.39. The number of hydrogen-bond acceptors (Lipinski definition) is 2. The SMILES string of the molecule is C=CC=C.c1ccc(-c2cc(-c3ccccc3)nc(-c3ccc(-c4ccc(-n5c6ccccc6c6cc(-c7ccc8c(c7)c7ccccc7n8-c7ccccc7)ccc65)cc4)cc3)n2)cc1. The van der Waals surface area contributed by atoms with Gasteiger partial charge in [-0.05, 0) is 89.0 Å². The molecule has 0 amide bonds. The molecule has 4 nitrogen and oxygen atoms in total. The van der Waals surface area contributed by atoms with E-state index in [0.717, 1.165) is 44.9 Å². The molecule has 0 unspecified atom stereocenters. The average Bonchev–Trinajstić information content (AvgIpc) is 3.91. The van der Waals surface area contributed by atoms with Crippen molar-refractivity contribution in [2.45, 2.75) is 0 Å². The minimum atomic E-state index is 0.706. The molecule has 0 saturated carbocycles. The molecule has 0 N–H and O–H groups in total. The van der Waals surface area contributed by atoms with Crippen molar-refractivity contribution in [2.24, 2.45) is 0 Å². The van der Waals surface area contributed by atoms with E-state index in [2.05, 4.69) is 216 Å². The van der Waals surface area contributed by atoms with Crippen LogP contribution in [0, 0.1) is 0 Å². The summed E-state index contributed by atoms with van der Waals surface area (Å²) in [5.74, 6) is 0.706. The van der Waals surface area contributed by atoms with Crippen LogP contribution in [-0.4, -0.2) is 19.1 Å². The van der Waals surface area contributed by atoms with Gasteiger partial charge in [-0.2, -0.15) is 0 Å². The molecule has 12 aromatic rings. The molecule has 0 spiro atoms. The third-order valence-corrected chi connectivity index (χ3v) is 12.3. The largest absolute Gasteiger partial charge is 0.309 e. The number of aromatic nitrogens is 4. The fourth-order valence-corrected chi connectivity index (χ4v) is 9.14. The molecule has 0 aliphatic carbocycles. The zero-order valence-electron chi connectivity index (χ0n) is 36.3. The first kappa shape index (κ1) is 40.0. The quantitative estimate of drug-likeness (QED) is 0.143. The number of hydrogen-bond donors (Lipinski definition) is 0. The number of rotatable bonds is 8. The van der Waals surface area contributed by atoms with Crippen molar-refractivity contribution in [1.29, 1.82) is 0 Å². The molecule has 66 heavy (non-hydrogen) atoms. The lowest BCUT2D eigenvalue weighted by Gasteiger charge is -2.11. The number of allylic oxidation sites excluding steroid dienone is 2. The Kier molecular flexibility index (Phi) is 10.5. The highest BCUT2D eigenvalue weighted by Gasteiger charge is 2.17. The zero-order chi connectivity index (χ0) is 44.4. The summed E-state index contributed by atoms with van der Waals surface area (Å²) in [6, 6.07) is 82.1. The lowest BCUT2D eigenvalue weighted by Crippen LogP contribution is -1.96.